The number of alkyl halides is 1. The molecule has 1 amide bonds. The van der Waals surface area contributed by atoms with Crippen LogP contribution in [0.1, 0.15) is 30.9 Å². The summed E-state index contributed by atoms with van der Waals surface area (Å²) in [7, 11) is 0. The van der Waals surface area contributed by atoms with Gasteiger partial charge in [-0.05, 0) is 17.5 Å². The molecule has 0 aromatic heterocycles. The largest absolute Gasteiger partial charge is 0.352 e. The maximum Gasteiger partial charge on any atom is 0.221 e. The molecule has 0 atom stereocenters. The van der Waals surface area contributed by atoms with Crippen molar-refractivity contribution in [3.63, 3.8) is 0 Å². The first-order valence-electron chi connectivity index (χ1n) is 5.66. The fourth-order valence-corrected chi connectivity index (χ4v) is 1.66. The zero-order valence-electron chi connectivity index (χ0n) is 9.63. The third-order valence-corrected chi connectivity index (χ3v) is 2.56. The van der Waals surface area contributed by atoms with Gasteiger partial charge in [0.15, 0.2) is 0 Å². The molecule has 0 aliphatic rings. The monoisotopic (exact) mass is 239 g/mol. The highest BCUT2D eigenvalue weighted by molar-refractivity contribution is 6.18. The maximum atomic E-state index is 11.2. The number of amides is 1. The normalized spacial score (nSPS) is 10.1. The predicted molar refractivity (Wildman–Crippen MR) is 67.6 cm³/mol. The molecule has 0 saturated carbocycles. The van der Waals surface area contributed by atoms with Gasteiger partial charge in [0.2, 0.25) is 5.91 Å². The lowest BCUT2D eigenvalue weighted by molar-refractivity contribution is -0.120. The lowest BCUT2D eigenvalue weighted by Gasteiger charge is -2.05. The molecule has 1 rings (SSSR count). The van der Waals surface area contributed by atoms with Gasteiger partial charge < -0.3 is 5.32 Å². The molecule has 0 bridgehead atoms. The van der Waals surface area contributed by atoms with Crippen molar-refractivity contribution < 1.29 is 4.79 Å². The van der Waals surface area contributed by atoms with Crippen LogP contribution in [0.2, 0.25) is 0 Å². The molecule has 0 aliphatic carbocycles. The van der Waals surface area contributed by atoms with E-state index in [1.807, 2.05) is 0 Å². The van der Waals surface area contributed by atoms with E-state index in [1.54, 1.807) is 0 Å². The van der Waals surface area contributed by atoms with Gasteiger partial charge in [0.1, 0.15) is 0 Å². The van der Waals surface area contributed by atoms with Crippen molar-refractivity contribution >= 4 is 17.5 Å². The fourth-order valence-electron chi connectivity index (χ4n) is 1.49. The summed E-state index contributed by atoms with van der Waals surface area (Å²) in [5.74, 6) is 0.383. The number of nitrogens with one attached hydrogen (secondary N) is 1. The Kier molecular flexibility index (Phi) is 5.94. The molecule has 16 heavy (non-hydrogen) atoms. The Balaban J connectivity index is 2.40. The van der Waals surface area contributed by atoms with Gasteiger partial charge in [0.05, 0.1) is 0 Å². The number of rotatable bonds is 6. The van der Waals surface area contributed by atoms with Crippen molar-refractivity contribution in [2.45, 2.75) is 32.7 Å². The van der Waals surface area contributed by atoms with Crippen LogP contribution in [-0.4, -0.2) is 11.8 Å². The van der Waals surface area contributed by atoms with Crippen LogP contribution in [-0.2, 0) is 17.8 Å². The van der Waals surface area contributed by atoms with Crippen molar-refractivity contribution in [2.24, 2.45) is 0 Å². The summed E-state index contributed by atoms with van der Waals surface area (Å²) < 4.78 is 0. The third-order valence-electron chi connectivity index (χ3n) is 2.37. The Labute approximate surface area is 102 Å². The molecule has 1 aromatic rings. The van der Waals surface area contributed by atoms with E-state index in [2.05, 4.69) is 36.5 Å². The second-order valence-corrected chi connectivity index (χ2v) is 4.16. The molecule has 0 radical (unpaired) electrons. The molecule has 0 fully saturated rings. The van der Waals surface area contributed by atoms with E-state index in [9.17, 15) is 4.79 Å². The zero-order valence-corrected chi connectivity index (χ0v) is 10.4. The SMILES string of the molecule is CCCc1ccc(CNC(=O)CCCl)cc1. The number of carbonyl (C=O) groups is 1. The van der Waals surface area contributed by atoms with E-state index < -0.39 is 0 Å². The van der Waals surface area contributed by atoms with E-state index in [1.165, 1.54) is 5.56 Å². The highest BCUT2D eigenvalue weighted by Gasteiger charge is 1.99. The first-order chi connectivity index (χ1) is 7.76. The second kappa shape index (κ2) is 7.29. The standard InChI is InChI=1S/C13H18ClNO/c1-2-3-11-4-6-12(7-5-11)10-15-13(16)8-9-14/h4-7H,2-3,8-10H2,1H3,(H,15,16). The second-order valence-electron chi connectivity index (χ2n) is 3.78. The Bertz CT molecular complexity index is 321. The van der Waals surface area contributed by atoms with Crippen molar-refractivity contribution in [1.29, 1.82) is 0 Å². The molecule has 0 spiro atoms. The summed E-state index contributed by atoms with van der Waals surface area (Å²) in [4.78, 5) is 11.2. The molecule has 0 heterocycles. The zero-order chi connectivity index (χ0) is 11.8. The highest BCUT2D eigenvalue weighted by atomic mass is 35.5. The molecule has 1 aromatic carbocycles. The lowest BCUT2D eigenvalue weighted by atomic mass is 10.1. The van der Waals surface area contributed by atoms with Crippen molar-refractivity contribution in [1.82, 2.24) is 5.32 Å². The minimum atomic E-state index is 0.00707. The molecular formula is C13H18ClNO. The van der Waals surface area contributed by atoms with E-state index >= 15 is 0 Å². The van der Waals surface area contributed by atoms with Crippen LogP contribution in [0.3, 0.4) is 0 Å². The van der Waals surface area contributed by atoms with Crippen LogP contribution in [0.15, 0.2) is 24.3 Å². The predicted octanol–water partition coefficient (Wildman–Crippen LogP) is 2.88. The lowest BCUT2D eigenvalue weighted by Crippen LogP contribution is -2.22. The number of hydrogen-bond acceptors (Lipinski definition) is 1. The Morgan fingerprint density at radius 1 is 1.25 bits per heavy atom. The van der Waals surface area contributed by atoms with Gasteiger partial charge in [-0.25, -0.2) is 0 Å². The van der Waals surface area contributed by atoms with Gasteiger partial charge in [-0.3, -0.25) is 4.79 Å². The summed E-state index contributed by atoms with van der Waals surface area (Å²) in [5.41, 5.74) is 2.47. The molecule has 1 N–H and O–H groups in total. The van der Waals surface area contributed by atoms with Crippen LogP contribution in [0, 0.1) is 0 Å². The minimum absolute atomic E-state index is 0.00707. The van der Waals surface area contributed by atoms with Gasteiger partial charge in [0, 0.05) is 18.8 Å². The number of hydrogen-bond donors (Lipinski definition) is 1. The molecule has 0 unspecified atom stereocenters. The van der Waals surface area contributed by atoms with Gasteiger partial charge in [-0.1, -0.05) is 37.6 Å². The van der Waals surface area contributed by atoms with E-state index in [0.717, 1.165) is 18.4 Å². The molecule has 2 nitrogen and oxygen atoms in total. The molecular weight excluding hydrogens is 222 g/mol. The minimum Gasteiger partial charge on any atom is -0.352 e. The van der Waals surface area contributed by atoms with Gasteiger partial charge in [-0.15, -0.1) is 11.6 Å². The molecule has 88 valence electrons. The number of benzene rings is 1. The van der Waals surface area contributed by atoms with E-state index in [0.29, 0.717) is 18.8 Å². The van der Waals surface area contributed by atoms with Crippen LogP contribution < -0.4 is 5.32 Å². The quantitative estimate of drug-likeness (QED) is 0.760. The van der Waals surface area contributed by atoms with Crippen molar-refractivity contribution in [2.75, 3.05) is 5.88 Å². The summed E-state index contributed by atoms with van der Waals surface area (Å²) >= 11 is 5.47. The Hall–Kier alpha value is -1.02. The van der Waals surface area contributed by atoms with Crippen LogP contribution >= 0.6 is 11.6 Å². The Morgan fingerprint density at radius 3 is 2.44 bits per heavy atom. The molecule has 3 heteroatoms. The van der Waals surface area contributed by atoms with Crippen LogP contribution in [0.5, 0.6) is 0 Å². The maximum absolute atomic E-state index is 11.2. The highest BCUT2D eigenvalue weighted by Crippen LogP contribution is 2.06. The first-order valence-corrected chi connectivity index (χ1v) is 6.20. The summed E-state index contributed by atoms with van der Waals surface area (Å²) in [6.45, 7) is 2.75. The first kappa shape index (κ1) is 13.0. The van der Waals surface area contributed by atoms with Gasteiger partial charge in [0.25, 0.3) is 0 Å². The van der Waals surface area contributed by atoms with Crippen LogP contribution in [0.25, 0.3) is 0 Å². The smallest absolute Gasteiger partial charge is 0.221 e. The Morgan fingerprint density at radius 2 is 1.88 bits per heavy atom. The molecule has 0 saturated heterocycles. The molecule has 0 aliphatic heterocycles. The summed E-state index contributed by atoms with van der Waals surface area (Å²) in [5, 5.41) is 2.83. The van der Waals surface area contributed by atoms with E-state index in [4.69, 9.17) is 11.6 Å². The van der Waals surface area contributed by atoms with Gasteiger partial charge >= 0.3 is 0 Å². The van der Waals surface area contributed by atoms with E-state index in [-0.39, 0.29) is 5.91 Å². The third kappa shape index (κ3) is 4.67. The van der Waals surface area contributed by atoms with Crippen molar-refractivity contribution in [3.05, 3.63) is 35.4 Å². The number of halogens is 1. The summed E-state index contributed by atoms with van der Waals surface area (Å²) in [6, 6.07) is 8.36. The van der Waals surface area contributed by atoms with Crippen molar-refractivity contribution in [3.8, 4) is 0 Å². The average Bonchev–Trinajstić information content (AvgIpc) is 2.29. The number of aryl methyl sites for hydroxylation is 1. The fraction of sp³-hybridized carbons (Fsp3) is 0.462. The van der Waals surface area contributed by atoms with Crippen LogP contribution in [0.4, 0.5) is 0 Å². The topological polar surface area (TPSA) is 29.1 Å². The summed E-state index contributed by atoms with van der Waals surface area (Å²) in [6.07, 6.45) is 2.65. The average molecular weight is 240 g/mol. The van der Waals surface area contributed by atoms with Gasteiger partial charge in [-0.2, -0.15) is 0 Å². The number of carbonyl (C=O) groups excluding carboxylic acids is 1.